The maximum atomic E-state index is 6.03. The fraction of sp³-hybridized carbons (Fsp3) is 0.600. The topological polar surface area (TPSA) is 30.7 Å². The predicted octanol–water partition coefficient (Wildman–Crippen LogP) is 4.16. The monoisotopic (exact) mass is 279 g/mol. The molecule has 0 amide bonds. The second kappa shape index (κ2) is 5.12. The first kappa shape index (κ1) is 14.3. The smallest absolute Gasteiger partial charge is 0.160 e. The number of nitrogens with zero attached hydrogens (tertiary/aromatic N) is 3. The van der Waals surface area contributed by atoms with Gasteiger partial charge in [-0.05, 0) is 29.9 Å². The van der Waals surface area contributed by atoms with Crippen LogP contribution in [-0.4, -0.2) is 14.5 Å². The second-order valence-electron chi connectivity index (χ2n) is 6.39. The molecule has 0 N–H and O–H groups in total. The molecular weight excluding hydrogens is 258 g/mol. The average molecular weight is 280 g/mol. The molecule has 4 heteroatoms. The maximum Gasteiger partial charge on any atom is 0.160 e. The van der Waals surface area contributed by atoms with Gasteiger partial charge in [0.25, 0.3) is 0 Å². The molecule has 1 atom stereocenters. The highest BCUT2D eigenvalue weighted by atomic mass is 35.5. The molecule has 0 saturated heterocycles. The summed E-state index contributed by atoms with van der Waals surface area (Å²) in [5.41, 5.74) is 3.27. The average Bonchev–Trinajstić information content (AvgIpc) is 2.65. The SMILES string of the molecule is Cc1cnc2c(c1)nc(CCl)n2CC(C)C(C)(C)C. The summed E-state index contributed by atoms with van der Waals surface area (Å²) >= 11 is 6.03. The molecule has 19 heavy (non-hydrogen) atoms. The highest BCUT2D eigenvalue weighted by Gasteiger charge is 2.22. The van der Waals surface area contributed by atoms with Crippen LogP contribution >= 0.6 is 11.6 Å². The minimum absolute atomic E-state index is 0.255. The molecule has 0 fully saturated rings. The number of imidazole rings is 1. The Morgan fingerprint density at radius 2 is 2.05 bits per heavy atom. The number of rotatable bonds is 3. The van der Waals surface area contributed by atoms with Gasteiger partial charge >= 0.3 is 0 Å². The minimum Gasteiger partial charge on any atom is -0.311 e. The number of fused-ring (bicyclic) bond motifs is 1. The second-order valence-corrected chi connectivity index (χ2v) is 6.66. The third-order valence-corrected chi connectivity index (χ3v) is 4.09. The van der Waals surface area contributed by atoms with Crippen LogP contribution in [0.4, 0.5) is 0 Å². The first-order valence-electron chi connectivity index (χ1n) is 6.70. The Balaban J connectivity index is 2.46. The van der Waals surface area contributed by atoms with Crippen molar-refractivity contribution >= 4 is 22.8 Å². The van der Waals surface area contributed by atoms with Crippen molar-refractivity contribution in [1.82, 2.24) is 14.5 Å². The van der Waals surface area contributed by atoms with Crippen molar-refractivity contribution in [3.05, 3.63) is 23.7 Å². The fourth-order valence-corrected chi connectivity index (χ4v) is 2.20. The number of aromatic nitrogens is 3. The molecule has 104 valence electrons. The molecule has 0 aliphatic carbocycles. The van der Waals surface area contributed by atoms with Gasteiger partial charge in [-0.25, -0.2) is 9.97 Å². The summed E-state index contributed by atoms with van der Waals surface area (Å²) in [5, 5.41) is 0. The van der Waals surface area contributed by atoms with Gasteiger partial charge < -0.3 is 4.57 Å². The van der Waals surface area contributed by atoms with Crippen molar-refractivity contribution in [2.75, 3.05) is 0 Å². The van der Waals surface area contributed by atoms with E-state index in [-0.39, 0.29) is 5.41 Å². The van der Waals surface area contributed by atoms with Gasteiger partial charge in [0.05, 0.1) is 5.88 Å². The summed E-state index contributed by atoms with van der Waals surface area (Å²) in [6, 6.07) is 2.07. The Bertz CT molecular complexity index is 581. The van der Waals surface area contributed by atoms with E-state index in [2.05, 4.69) is 48.3 Å². The molecule has 0 spiro atoms. The predicted molar refractivity (Wildman–Crippen MR) is 80.4 cm³/mol. The summed E-state index contributed by atoms with van der Waals surface area (Å²) in [7, 11) is 0. The van der Waals surface area contributed by atoms with Crippen LogP contribution in [-0.2, 0) is 12.4 Å². The van der Waals surface area contributed by atoms with E-state index in [0.717, 1.165) is 29.1 Å². The van der Waals surface area contributed by atoms with Gasteiger partial charge in [-0.15, -0.1) is 11.6 Å². The zero-order valence-corrected chi connectivity index (χ0v) is 13.1. The van der Waals surface area contributed by atoms with Gasteiger partial charge in [-0.1, -0.05) is 27.7 Å². The standard InChI is InChI=1S/C15H22ClN3/c1-10-6-12-14(17-8-10)19(13(7-16)18-12)9-11(2)15(3,4)5/h6,8,11H,7,9H2,1-5H3. The lowest BCUT2D eigenvalue weighted by Gasteiger charge is -2.28. The van der Waals surface area contributed by atoms with Gasteiger partial charge in [-0.2, -0.15) is 0 Å². The maximum absolute atomic E-state index is 6.03. The molecule has 2 aromatic heterocycles. The first-order chi connectivity index (χ1) is 8.82. The number of aryl methyl sites for hydroxylation is 1. The van der Waals surface area contributed by atoms with E-state index in [1.165, 1.54) is 0 Å². The Morgan fingerprint density at radius 1 is 1.37 bits per heavy atom. The Hall–Kier alpha value is -1.09. The zero-order valence-electron chi connectivity index (χ0n) is 12.4. The van der Waals surface area contributed by atoms with Gasteiger partial charge in [-0.3, -0.25) is 0 Å². The Kier molecular flexibility index (Phi) is 3.86. The third kappa shape index (κ3) is 2.92. The molecular formula is C15H22ClN3. The summed E-state index contributed by atoms with van der Waals surface area (Å²) in [6.45, 7) is 12.0. The Morgan fingerprint density at radius 3 is 2.63 bits per heavy atom. The largest absolute Gasteiger partial charge is 0.311 e. The lowest BCUT2D eigenvalue weighted by Crippen LogP contribution is -2.23. The zero-order chi connectivity index (χ0) is 14.2. The van der Waals surface area contributed by atoms with Crippen molar-refractivity contribution in [3.8, 4) is 0 Å². The molecule has 0 aliphatic heterocycles. The van der Waals surface area contributed by atoms with Gasteiger partial charge in [0.2, 0.25) is 0 Å². The van der Waals surface area contributed by atoms with Crippen LogP contribution in [0.15, 0.2) is 12.3 Å². The van der Waals surface area contributed by atoms with Gasteiger partial charge in [0.15, 0.2) is 5.65 Å². The highest BCUT2D eigenvalue weighted by molar-refractivity contribution is 6.16. The summed E-state index contributed by atoms with van der Waals surface area (Å²) in [6.07, 6.45) is 1.89. The van der Waals surface area contributed by atoms with E-state index < -0.39 is 0 Å². The van der Waals surface area contributed by atoms with Crippen LogP contribution in [0, 0.1) is 18.3 Å². The van der Waals surface area contributed by atoms with Crippen LogP contribution in [0.5, 0.6) is 0 Å². The summed E-state index contributed by atoms with van der Waals surface area (Å²) in [4.78, 5) is 9.12. The first-order valence-corrected chi connectivity index (χ1v) is 7.24. The van der Waals surface area contributed by atoms with E-state index in [4.69, 9.17) is 11.6 Å². The highest BCUT2D eigenvalue weighted by Crippen LogP contribution is 2.28. The quantitative estimate of drug-likeness (QED) is 0.790. The number of pyridine rings is 1. The van der Waals surface area contributed by atoms with Crippen molar-refractivity contribution in [2.24, 2.45) is 11.3 Å². The van der Waals surface area contributed by atoms with Crippen molar-refractivity contribution < 1.29 is 0 Å². The van der Waals surface area contributed by atoms with Gasteiger partial charge in [0.1, 0.15) is 11.3 Å². The molecule has 0 saturated carbocycles. The normalized spacial score (nSPS) is 14.0. The van der Waals surface area contributed by atoms with Crippen molar-refractivity contribution in [3.63, 3.8) is 0 Å². The van der Waals surface area contributed by atoms with E-state index in [1.807, 2.05) is 13.1 Å². The fourth-order valence-electron chi connectivity index (χ4n) is 2.00. The molecule has 2 rings (SSSR count). The van der Waals surface area contributed by atoms with E-state index in [1.54, 1.807) is 0 Å². The number of alkyl halides is 1. The van der Waals surface area contributed by atoms with Crippen molar-refractivity contribution in [1.29, 1.82) is 0 Å². The molecule has 2 heterocycles. The molecule has 0 aliphatic rings. The molecule has 3 nitrogen and oxygen atoms in total. The van der Waals surface area contributed by atoms with Gasteiger partial charge in [0, 0.05) is 12.7 Å². The van der Waals surface area contributed by atoms with Crippen LogP contribution in [0.2, 0.25) is 0 Å². The number of hydrogen-bond acceptors (Lipinski definition) is 2. The third-order valence-electron chi connectivity index (χ3n) is 3.86. The van der Waals surface area contributed by atoms with Crippen LogP contribution in [0.25, 0.3) is 11.2 Å². The lowest BCUT2D eigenvalue weighted by atomic mass is 9.82. The van der Waals surface area contributed by atoms with Crippen molar-refractivity contribution in [2.45, 2.75) is 47.0 Å². The van der Waals surface area contributed by atoms with E-state index in [9.17, 15) is 0 Å². The molecule has 1 unspecified atom stereocenters. The number of hydrogen-bond donors (Lipinski definition) is 0. The minimum atomic E-state index is 0.255. The lowest BCUT2D eigenvalue weighted by molar-refractivity contribution is 0.233. The van der Waals surface area contributed by atoms with E-state index >= 15 is 0 Å². The van der Waals surface area contributed by atoms with E-state index in [0.29, 0.717) is 11.8 Å². The molecule has 2 aromatic rings. The van der Waals surface area contributed by atoms with Crippen LogP contribution in [0.1, 0.15) is 39.1 Å². The summed E-state index contributed by atoms with van der Waals surface area (Å²) < 4.78 is 2.16. The van der Waals surface area contributed by atoms with Crippen LogP contribution in [0.3, 0.4) is 0 Å². The molecule has 0 radical (unpaired) electrons. The van der Waals surface area contributed by atoms with Crippen LogP contribution < -0.4 is 0 Å². The number of halogens is 1. The molecule has 0 bridgehead atoms. The summed E-state index contributed by atoms with van der Waals surface area (Å²) in [5.74, 6) is 1.85. The Labute approximate surface area is 120 Å². The molecule has 0 aromatic carbocycles.